The standard InChI is InChI=1S/C16H17ClN2O2/c1-3-16(21,12-5-4-6-13(17)9-12)15(20)19-14-10-18-8-7-11(14)2/h4-10,21H,3H2,1-2H3,(H,19,20)/t16-/m0/s1. The molecule has 0 aliphatic carbocycles. The highest BCUT2D eigenvalue weighted by Crippen LogP contribution is 2.29. The maximum atomic E-state index is 12.5. The van der Waals surface area contributed by atoms with E-state index in [9.17, 15) is 9.90 Å². The van der Waals surface area contributed by atoms with Gasteiger partial charge in [0.1, 0.15) is 0 Å². The van der Waals surface area contributed by atoms with E-state index >= 15 is 0 Å². The molecule has 2 N–H and O–H groups in total. The molecule has 0 aliphatic rings. The Labute approximate surface area is 128 Å². The number of hydrogen-bond acceptors (Lipinski definition) is 3. The second-order valence-electron chi connectivity index (χ2n) is 4.87. The Morgan fingerprint density at radius 3 is 2.81 bits per heavy atom. The van der Waals surface area contributed by atoms with E-state index in [4.69, 9.17) is 11.6 Å². The largest absolute Gasteiger partial charge is 0.375 e. The van der Waals surface area contributed by atoms with Crippen LogP contribution in [0, 0.1) is 6.92 Å². The number of carbonyl (C=O) groups excluding carboxylic acids is 1. The predicted molar refractivity (Wildman–Crippen MR) is 83.2 cm³/mol. The van der Waals surface area contributed by atoms with Gasteiger partial charge in [-0.3, -0.25) is 9.78 Å². The van der Waals surface area contributed by atoms with Gasteiger partial charge in [0.15, 0.2) is 5.60 Å². The first-order valence-electron chi connectivity index (χ1n) is 6.68. The lowest BCUT2D eigenvalue weighted by Gasteiger charge is -2.26. The number of carbonyl (C=O) groups is 1. The molecule has 1 amide bonds. The van der Waals surface area contributed by atoms with E-state index in [2.05, 4.69) is 10.3 Å². The SMILES string of the molecule is CC[C@@](O)(C(=O)Nc1cnccc1C)c1cccc(Cl)c1. The molecule has 1 aromatic heterocycles. The Hall–Kier alpha value is -1.91. The Bertz CT molecular complexity index is 660. The summed E-state index contributed by atoms with van der Waals surface area (Å²) in [6, 6.07) is 8.48. The third-order valence-electron chi connectivity index (χ3n) is 3.48. The molecule has 5 heteroatoms. The molecule has 0 radical (unpaired) electrons. The Kier molecular flexibility index (Phi) is 4.60. The van der Waals surface area contributed by atoms with Crippen LogP contribution in [-0.2, 0) is 10.4 Å². The molecular formula is C16H17ClN2O2. The molecule has 1 atom stereocenters. The van der Waals surface area contributed by atoms with Gasteiger partial charge in [-0.15, -0.1) is 0 Å². The molecule has 1 heterocycles. The van der Waals surface area contributed by atoms with Crippen molar-refractivity contribution in [3.63, 3.8) is 0 Å². The molecule has 0 saturated carbocycles. The number of anilines is 1. The van der Waals surface area contributed by atoms with Crippen LogP contribution in [0.4, 0.5) is 5.69 Å². The fraction of sp³-hybridized carbons (Fsp3) is 0.250. The zero-order chi connectivity index (χ0) is 15.5. The summed E-state index contributed by atoms with van der Waals surface area (Å²) in [6.45, 7) is 3.61. The van der Waals surface area contributed by atoms with E-state index in [1.165, 1.54) is 0 Å². The molecular weight excluding hydrogens is 288 g/mol. The fourth-order valence-corrected chi connectivity index (χ4v) is 2.25. The third-order valence-corrected chi connectivity index (χ3v) is 3.71. The molecule has 0 saturated heterocycles. The molecule has 0 bridgehead atoms. The van der Waals surface area contributed by atoms with Gasteiger partial charge in [0.2, 0.25) is 0 Å². The summed E-state index contributed by atoms with van der Waals surface area (Å²) in [5.41, 5.74) is 0.295. The van der Waals surface area contributed by atoms with Crippen LogP contribution in [-0.4, -0.2) is 16.0 Å². The van der Waals surface area contributed by atoms with Gasteiger partial charge in [0, 0.05) is 11.2 Å². The minimum absolute atomic E-state index is 0.235. The first-order valence-corrected chi connectivity index (χ1v) is 7.05. The van der Waals surface area contributed by atoms with Crippen LogP contribution in [0.1, 0.15) is 24.5 Å². The van der Waals surface area contributed by atoms with E-state index < -0.39 is 11.5 Å². The van der Waals surface area contributed by atoms with E-state index in [0.717, 1.165) is 5.56 Å². The van der Waals surface area contributed by atoms with Crippen LogP contribution in [0.15, 0.2) is 42.7 Å². The lowest BCUT2D eigenvalue weighted by molar-refractivity contribution is -0.135. The number of halogens is 1. The predicted octanol–water partition coefficient (Wildman–Crippen LogP) is 3.28. The van der Waals surface area contributed by atoms with Gasteiger partial charge < -0.3 is 10.4 Å². The lowest BCUT2D eigenvalue weighted by atomic mass is 9.90. The quantitative estimate of drug-likeness (QED) is 0.911. The summed E-state index contributed by atoms with van der Waals surface area (Å²) in [7, 11) is 0. The molecule has 21 heavy (non-hydrogen) atoms. The zero-order valence-electron chi connectivity index (χ0n) is 11.9. The molecule has 1 aromatic carbocycles. The topological polar surface area (TPSA) is 62.2 Å². The van der Waals surface area contributed by atoms with Crippen molar-refractivity contribution in [2.24, 2.45) is 0 Å². The molecule has 0 spiro atoms. The van der Waals surface area contributed by atoms with Gasteiger partial charge in [-0.05, 0) is 42.7 Å². The number of pyridine rings is 1. The summed E-state index contributed by atoms with van der Waals surface area (Å²) in [5, 5.41) is 13.9. The van der Waals surface area contributed by atoms with Crippen LogP contribution in [0.3, 0.4) is 0 Å². The summed E-state index contributed by atoms with van der Waals surface area (Å²) >= 11 is 5.95. The third kappa shape index (κ3) is 3.23. The molecule has 2 aromatic rings. The van der Waals surface area contributed by atoms with Gasteiger partial charge >= 0.3 is 0 Å². The van der Waals surface area contributed by atoms with Gasteiger partial charge in [-0.25, -0.2) is 0 Å². The molecule has 0 unspecified atom stereocenters. The average Bonchev–Trinajstić information content (AvgIpc) is 2.48. The number of hydrogen-bond donors (Lipinski definition) is 2. The molecule has 4 nitrogen and oxygen atoms in total. The number of nitrogens with zero attached hydrogens (tertiary/aromatic N) is 1. The Morgan fingerprint density at radius 2 is 2.19 bits per heavy atom. The van der Waals surface area contributed by atoms with Crippen molar-refractivity contribution < 1.29 is 9.90 Å². The van der Waals surface area contributed by atoms with Crippen LogP contribution in [0.2, 0.25) is 5.02 Å². The number of nitrogens with one attached hydrogen (secondary N) is 1. The molecule has 2 rings (SSSR count). The number of aryl methyl sites for hydroxylation is 1. The first-order chi connectivity index (χ1) is 9.97. The number of amides is 1. The minimum Gasteiger partial charge on any atom is -0.375 e. The van der Waals surface area contributed by atoms with Crippen molar-refractivity contribution in [1.29, 1.82) is 0 Å². The lowest BCUT2D eigenvalue weighted by Crippen LogP contribution is -2.40. The fourth-order valence-electron chi connectivity index (χ4n) is 2.06. The highest BCUT2D eigenvalue weighted by molar-refractivity contribution is 6.30. The summed E-state index contributed by atoms with van der Waals surface area (Å²) < 4.78 is 0. The highest BCUT2D eigenvalue weighted by Gasteiger charge is 2.36. The van der Waals surface area contributed by atoms with Crippen LogP contribution in [0.25, 0.3) is 0 Å². The van der Waals surface area contributed by atoms with Crippen LogP contribution >= 0.6 is 11.6 Å². The van der Waals surface area contributed by atoms with Crippen molar-refractivity contribution in [1.82, 2.24) is 4.98 Å². The Morgan fingerprint density at radius 1 is 1.43 bits per heavy atom. The Balaban J connectivity index is 2.32. The smallest absolute Gasteiger partial charge is 0.261 e. The normalized spacial score (nSPS) is 13.5. The van der Waals surface area contributed by atoms with Crippen LogP contribution < -0.4 is 5.32 Å². The summed E-state index contributed by atoms with van der Waals surface area (Å²) in [5.74, 6) is -0.497. The van der Waals surface area contributed by atoms with Gasteiger partial charge in [0.25, 0.3) is 5.91 Å². The second-order valence-corrected chi connectivity index (χ2v) is 5.31. The summed E-state index contributed by atoms with van der Waals surface area (Å²) in [4.78, 5) is 16.5. The zero-order valence-corrected chi connectivity index (χ0v) is 12.7. The second kappa shape index (κ2) is 6.24. The molecule has 110 valence electrons. The van der Waals surface area contributed by atoms with Crippen molar-refractivity contribution in [3.8, 4) is 0 Å². The van der Waals surface area contributed by atoms with E-state index in [0.29, 0.717) is 16.3 Å². The average molecular weight is 305 g/mol. The van der Waals surface area contributed by atoms with Gasteiger partial charge in [-0.1, -0.05) is 30.7 Å². The van der Waals surface area contributed by atoms with Gasteiger partial charge in [0.05, 0.1) is 11.9 Å². The van der Waals surface area contributed by atoms with Gasteiger partial charge in [-0.2, -0.15) is 0 Å². The van der Waals surface area contributed by atoms with Crippen LogP contribution in [0.5, 0.6) is 0 Å². The monoisotopic (exact) mass is 304 g/mol. The number of aliphatic hydroxyl groups is 1. The minimum atomic E-state index is -1.63. The van der Waals surface area contributed by atoms with Crippen molar-refractivity contribution >= 4 is 23.2 Å². The van der Waals surface area contributed by atoms with E-state index in [1.807, 2.05) is 6.92 Å². The molecule has 0 fully saturated rings. The first kappa shape index (κ1) is 15.5. The number of aromatic nitrogens is 1. The van der Waals surface area contributed by atoms with Crippen molar-refractivity contribution in [2.75, 3.05) is 5.32 Å². The number of rotatable bonds is 4. The highest BCUT2D eigenvalue weighted by atomic mass is 35.5. The number of benzene rings is 1. The van der Waals surface area contributed by atoms with Crippen molar-refractivity contribution in [2.45, 2.75) is 25.9 Å². The van der Waals surface area contributed by atoms with Crippen molar-refractivity contribution in [3.05, 3.63) is 58.9 Å². The maximum Gasteiger partial charge on any atom is 0.261 e. The molecule has 0 aliphatic heterocycles. The summed E-state index contributed by atoms with van der Waals surface area (Å²) in [6.07, 6.45) is 3.44. The van der Waals surface area contributed by atoms with E-state index in [1.54, 1.807) is 49.6 Å². The maximum absolute atomic E-state index is 12.5. The van der Waals surface area contributed by atoms with E-state index in [-0.39, 0.29) is 6.42 Å².